The number of hydrogen-bond donors (Lipinski definition) is 0. The highest BCUT2D eigenvalue weighted by molar-refractivity contribution is 5.81. The van der Waals surface area contributed by atoms with E-state index in [1.807, 2.05) is 0 Å². The van der Waals surface area contributed by atoms with Crippen LogP contribution in [0.25, 0.3) is 0 Å². The molecule has 0 spiro atoms. The van der Waals surface area contributed by atoms with Crippen LogP contribution in [0.4, 0.5) is 0 Å². The number of nitrogens with zero attached hydrogens (tertiary/aromatic N) is 1. The van der Waals surface area contributed by atoms with Crippen LogP contribution in [-0.2, 0) is 4.79 Å². The minimum absolute atomic E-state index is 0.367. The van der Waals surface area contributed by atoms with Crippen LogP contribution in [0, 0.1) is 12.8 Å². The van der Waals surface area contributed by atoms with Crippen LogP contribution >= 0.6 is 0 Å². The monoisotopic (exact) mass is 229 g/mol. The number of rotatable bonds is 2. The predicted molar refractivity (Wildman–Crippen MR) is 67.8 cm³/mol. The summed E-state index contributed by atoms with van der Waals surface area (Å²) in [7, 11) is 0. The van der Waals surface area contributed by atoms with Gasteiger partial charge in [0.25, 0.3) is 0 Å². The first-order valence-electron chi connectivity index (χ1n) is 6.59. The summed E-state index contributed by atoms with van der Waals surface area (Å²) in [6, 6.07) is 8.71. The molecular weight excluding hydrogens is 210 g/mol. The second kappa shape index (κ2) is 4.17. The zero-order valence-corrected chi connectivity index (χ0v) is 10.4. The van der Waals surface area contributed by atoms with Crippen molar-refractivity contribution < 1.29 is 4.79 Å². The summed E-state index contributed by atoms with van der Waals surface area (Å²) in [6.45, 7) is 4.01. The van der Waals surface area contributed by atoms with E-state index in [0.29, 0.717) is 17.7 Å². The zero-order chi connectivity index (χ0) is 11.8. The van der Waals surface area contributed by atoms with Crippen molar-refractivity contribution in [3.63, 3.8) is 0 Å². The Hall–Kier alpha value is -1.31. The second-order valence-corrected chi connectivity index (χ2v) is 5.46. The maximum Gasteiger partial charge on any atom is 0.225 e. The van der Waals surface area contributed by atoms with Crippen LogP contribution in [0.1, 0.15) is 36.3 Å². The first kappa shape index (κ1) is 10.8. The van der Waals surface area contributed by atoms with Gasteiger partial charge in [-0.1, -0.05) is 29.8 Å². The minimum Gasteiger partial charge on any atom is -0.342 e. The number of aryl methyl sites for hydroxylation is 1. The summed E-state index contributed by atoms with van der Waals surface area (Å²) < 4.78 is 0. The van der Waals surface area contributed by atoms with Gasteiger partial charge in [-0.3, -0.25) is 4.79 Å². The van der Waals surface area contributed by atoms with Gasteiger partial charge in [-0.25, -0.2) is 0 Å². The third-order valence-corrected chi connectivity index (χ3v) is 3.94. The third-order valence-electron chi connectivity index (χ3n) is 3.94. The van der Waals surface area contributed by atoms with Crippen molar-refractivity contribution in [2.24, 2.45) is 5.92 Å². The summed E-state index contributed by atoms with van der Waals surface area (Å²) >= 11 is 0. The number of amides is 1. The average Bonchev–Trinajstić information content (AvgIpc) is 3.05. The molecule has 0 bridgehead atoms. The smallest absolute Gasteiger partial charge is 0.225 e. The fourth-order valence-corrected chi connectivity index (χ4v) is 2.75. The van der Waals surface area contributed by atoms with Crippen molar-refractivity contribution in [1.82, 2.24) is 4.90 Å². The summed E-state index contributed by atoms with van der Waals surface area (Å²) in [5.74, 6) is 1.32. The van der Waals surface area contributed by atoms with Gasteiger partial charge >= 0.3 is 0 Å². The Morgan fingerprint density at radius 1 is 1.29 bits per heavy atom. The molecule has 1 saturated heterocycles. The first-order chi connectivity index (χ1) is 8.24. The van der Waals surface area contributed by atoms with E-state index in [-0.39, 0.29) is 0 Å². The number of carbonyl (C=O) groups excluding carboxylic acids is 1. The Kier molecular flexibility index (Phi) is 2.65. The summed E-state index contributed by atoms with van der Waals surface area (Å²) in [6.07, 6.45) is 3.36. The zero-order valence-electron chi connectivity index (χ0n) is 10.4. The van der Waals surface area contributed by atoms with Crippen LogP contribution in [0.2, 0.25) is 0 Å². The normalized spacial score (nSPS) is 24.1. The fraction of sp³-hybridized carbons (Fsp3) is 0.533. The molecule has 90 valence electrons. The Bertz CT molecular complexity index is 436. The van der Waals surface area contributed by atoms with Crippen LogP contribution in [0.3, 0.4) is 0 Å². The Labute approximate surface area is 103 Å². The predicted octanol–water partition coefficient (Wildman–Crippen LogP) is 2.72. The molecule has 3 rings (SSSR count). The van der Waals surface area contributed by atoms with Crippen molar-refractivity contribution in [1.29, 1.82) is 0 Å². The van der Waals surface area contributed by atoms with Gasteiger partial charge in [-0.2, -0.15) is 0 Å². The van der Waals surface area contributed by atoms with Crippen LogP contribution in [0.15, 0.2) is 24.3 Å². The fourth-order valence-electron chi connectivity index (χ4n) is 2.75. The highest BCUT2D eigenvalue weighted by Crippen LogP contribution is 2.35. The van der Waals surface area contributed by atoms with Crippen molar-refractivity contribution in [3.05, 3.63) is 35.4 Å². The van der Waals surface area contributed by atoms with Crippen molar-refractivity contribution in [2.75, 3.05) is 13.1 Å². The molecular formula is C15H19NO. The first-order valence-corrected chi connectivity index (χ1v) is 6.59. The van der Waals surface area contributed by atoms with Gasteiger partial charge in [0.05, 0.1) is 0 Å². The molecule has 1 aliphatic carbocycles. The van der Waals surface area contributed by atoms with Crippen molar-refractivity contribution >= 4 is 5.91 Å². The summed E-state index contributed by atoms with van der Waals surface area (Å²) in [5, 5.41) is 0. The Morgan fingerprint density at radius 2 is 2.12 bits per heavy atom. The molecule has 17 heavy (non-hydrogen) atoms. The molecule has 1 aromatic rings. The molecule has 2 nitrogen and oxygen atoms in total. The van der Waals surface area contributed by atoms with Crippen LogP contribution in [-0.4, -0.2) is 23.9 Å². The maximum absolute atomic E-state index is 12.0. The summed E-state index contributed by atoms with van der Waals surface area (Å²) in [4.78, 5) is 14.1. The van der Waals surface area contributed by atoms with Gasteiger partial charge in [0.15, 0.2) is 0 Å². The quantitative estimate of drug-likeness (QED) is 0.763. The number of hydrogen-bond acceptors (Lipinski definition) is 1. The Balaban J connectivity index is 1.69. The van der Waals surface area contributed by atoms with E-state index in [9.17, 15) is 4.79 Å². The molecule has 0 radical (unpaired) electrons. The van der Waals surface area contributed by atoms with Crippen LogP contribution in [0.5, 0.6) is 0 Å². The summed E-state index contributed by atoms with van der Waals surface area (Å²) in [5.41, 5.74) is 2.71. The second-order valence-electron chi connectivity index (χ2n) is 5.46. The molecule has 0 aromatic heterocycles. The molecule has 1 aliphatic heterocycles. The van der Waals surface area contributed by atoms with E-state index in [1.165, 1.54) is 11.1 Å². The lowest BCUT2D eigenvalue weighted by Gasteiger charge is -2.16. The molecule has 0 N–H and O–H groups in total. The SMILES string of the molecule is Cc1cccc(C2CCN(C(=O)C3CC3)C2)c1. The average molecular weight is 229 g/mol. The lowest BCUT2D eigenvalue weighted by Crippen LogP contribution is -2.29. The van der Waals surface area contributed by atoms with Gasteiger partial charge in [0, 0.05) is 24.9 Å². The lowest BCUT2D eigenvalue weighted by molar-refractivity contribution is -0.131. The van der Waals surface area contributed by atoms with Gasteiger partial charge < -0.3 is 4.90 Å². The van der Waals surface area contributed by atoms with Crippen molar-refractivity contribution in [2.45, 2.75) is 32.1 Å². The Morgan fingerprint density at radius 3 is 2.82 bits per heavy atom. The highest BCUT2D eigenvalue weighted by Gasteiger charge is 2.36. The third kappa shape index (κ3) is 2.21. The molecule has 1 atom stereocenters. The molecule has 1 saturated carbocycles. The molecule has 2 aliphatic rings. The molecule has 1 heterocycles. The standard InChI is InChI=1S/C15H19NO/c1-11-3-2-4-13(9-11)14-7-8-16(10-14)15(17)12-5-6-12/h2-4,9,12,14H,5-8,10H2,1H3. The number of carbonyl (C=O) groups is 1. The van der Waals surface area contributed by atoms with E-state index < -0.39 is 0 Å². The number of benzene rings is 1. The maximum atomic E-state index is 12.0. The van der Waals surface area contributed by atoms with E-state index in [0.717, 1.165) is 32.4 Å². The van der Waals surface area contributed by atoms with Crippen LogP contribution < -0.4 is 0 Å². The van der Waals surface area contributed by atoms with Gasteiger partial charge in [0.2, 0.25) is 5.91 Å². The van der Waals surface area contributed by atoms with E-state index in [4.69, 9.17) is 0 Å². The molecule has 1 aromatic carbocycles. The highest BCUT2D eigenvalue weighted by atomic mass is 16.2. The van der Waals surface area contributed by atoms with Crippen molar-refractivity contribution in [3.8, 4) is 0 Å². The molecule has 2 fully saturated rings. The van der Waals surface area contributed by atoms with E-state index in [1.54, 1.807) is 0 Å². The molecule has 2 heteroatoms. The largest absolute Gasteiger partial charge is 0.342 e. The topological polar surface area (TPSA) is 20.3 Å². The number of likely N-dealkylation sites (tertiary alicyclic amines) is 1. The van der Waals surface area contributed by atoms with E-state index >= 15 is 0 Å². The van der Waals surface area contributed by atoms with Gasteiger partial charge in [0.1, 0.15) is 0 Å². The lowest BCUT2D eigenvalue weighted by atomic mass is 9.97. The minimum atomic E-state index is 0.367. The molecule has 1 unspecified atom stereocenters. The molecule has 1 amide bonds. The van der Waals surface area contributed by atoms with E-state index in [2.05, 4.69) is 36.1 Å². The van der Waals surface area contributed by atoms with Gasteiger partial charge in [-0.05, 0) is 31.7 Å². The van der Waals surface area contributed by atoms with Gasteiger partial charge in [-0.15, -0.1) is 0 Å².